The van der Waals surface area contributed by atoms with Gasteiger partial charge in [0, 0.05) is 23.9 Å². The SMILES string of the molecule is CC(C)NC(=O)C(=O)Nc1cccc([N+](=O)[O-])c1. The predicted octanol–water partition coefficient (Wildman–Crippen LogP) is 1.06. The molecular weight excluding hydrogens is 238 g/mol. The summed E-state index contributed by atoms with van der Waals surface area (Å²) in [4.78, 5) is 32.7. The number of benzene rings is 1. The van der Waals surface area contributed by atoms with Gasteiger partial charge in [0.15, 0.2) is 0 Å². The van der Waals surface area contributed by atoms with Gasteiger partial charge < -0.3 is 10.6 Å². The molecule has 0 bridgehead atoms. The minimum atomic E-state index is -0.857. The van der Waals surface area contributed by atoms with Crippen molar-refractivity contribution in [1.29, 1.82) is 0 Å². The highest BCUT2D eigenvalue weighted by molar-refractivity contribution is 6.39. The molecule has 0 saturated carbocycles. The van der Waals surface area contributed by atoms with Crippen LogP contribution in [0.25, 0.3) is 0 Å². The molecule has 2 N–H and O–H groups in total. The Bertz CT molecular complexity index is 485. The number of non-ortho nitro benzene ring substituents is 1. The van der Waals surface area contributed by atoms with Crippen molar-refractivity contribution in [3.63, 3.8) is 0 Å². The Hall–Kier alpha value is -2.44. The van der Waals surface area contributed by atoms with Gasteiger partial charge in [-0.05, 0) is 19.9 Å². The normalized spacial score (nSPS) is 9.94. The quantitative estimate of drug-likeness (QED) is 0.476. The molecule has 0 heterocycles. The summed E-state index contributed by atoms with van der Waals surface area (Å²) in [6.07, 6.45) is 0. The smallest absolute Gasteiger partial charge is 0.313 e. The Morgan fingerprint density at radius 3 is 2.50 bits per heavy atom. The van der Waals surface area contributed by atoms with Crippen LogP contribution in [0.4, 0.5) is 11.4 Å². The number of nitrogens with zero attached hydrogens (tertiary/aromatic N) is 1. The fourth-order valence-corrected chi connectivity index (χ4v) is 1.21. The zero-order valence-corrected chi connectivity index (χ0v) is 9.97. The zero-order chi connectivity index (χ0) is 13.7. The zero-order valence-electron chi connectivity index (χ0n) is 9.97. The highest BCUT2D eigenvalue weighted by atomic mass is 16.6. The second-order valence-corrected chi connectivity index (χ2v) is 3.89. The molecule has 1 aromatic rings. The van der Waals surface area contributed by atoms with Gasteiger partial charge in [-0.2, -0.15) is 0 Å². The Balaban J connectivity index is 2.73. The Morgan fingerprint density at radius 2 is 1.94 bits per heavy atom. The molecule has 2 amide bonds. The van der Waals surface area contributed by atoms with Crippen LogP contribution in [0.2, 0.25) is 0 Å². The van der Waals surface area contributed by atoms with Crippen LogP contribution in [-0.4, -0.2) is 22.8 Å². The molecule has 0 unspecified atom stereocenters. The Kier molecular flexibility index (Phi) is 4.36. The molecule has 0 aromatic heterocycles. The first-order valence-electron chi connectivity index (χ1n) is 5.26. The summed E-state index contributed by atoms with van der Waals surface area (Å²) in [7, 11) is 0. The molecule has 0 aliphatic rings. The summed E-state index contributed by atoms with van der Waals surface area (Å²) in [5, 5.41) is 15.2. The summed E-state index contributed by atoms with van der Waals surface area (Å²) in [5.41, 5.74) is 0.0465. The fourth-order valence-electron chi connectivity index (χ4n) is 1.21. The number of nitro benzene ring substituents is 1. The Morgan fingerprint density at radius 1 is 1.28 bits per heavy atom. The van der Waals surface area contributed by atoms with E-state index >= 15 is 0 Å². The number of carbonyl (C=O) groups is 2. The third-order valence-electron chi connectivity index (χ3n) is 1.94. The maximum atomic E-state index is 11.4. The third-order valence-corrected chi connectivity index (χ3v) is 1.94. The van der Waals surface area contributed by atoms with Gasteiger partial charge in [-0.25, -0.2) is 0 Å². The highest BCUT2D eigenvalue weighted by Gasteiger charge is 2.15. The number of hydrogen-bond donors (Lipinski definition) is 2. The van der Waals surface area contributed by atoms with Crippen molar-refractivity contribution in [3.8, 4) is 0 Å². The van der Waals surface area contributed by atoms with Crippen LogP contribution in [0.1, 0.15) is 13.8 Å². The molecule has 1 aromatic carbocycles. The third kappa shape index (κ3) is 3.85. The van der Waals surface area contributed by atoms with Crippen LogP contribution in [-0.2, 0) is 9.59 Å². The van der Waals surface area contributed by atoms with Crippen LogP contribution in [0, 0.1) is 10.1 Å². The average Bonchev–Trinajstić information content (AvgIpc) is 2.28. The Labute approximate surface area is 103 Å². The molecule has 7 heteroatoms. The lowest BCUT2D eigenvalue weighted by Crippen LogP contribution is -2.39. The molecular formula is C11H13N3O4. The average molecular weight is 251 g/mol. The maximum absolute atomic E-state index is 11.4. The van der Waals surface area contributed by atoms with E-state index in [1.54, 1.807) is 13.8 Å². The molecule has 0 radical (unpaired) electrons. The van der Waals surface area contributed by atoms with Crippen LogP contribution < -0.4 is 10.6 Å². The molecule has 0 atom stereocenters. The van der Waals surface area contributed by atoms with Gasteiger partial charge in [0.1, 0.15) is 0 Å². The first-order chi connectivity index (χ1) is 8.40. The van der Waals surface area contributed by atoms with Crippen molar-refractivity contribution in [1.82, 2.24) is 5.32 Å². The van der Waals surface area contributed by atoms with Gasteiger partial charge in [0.2, 0.25) is 0 Å². The highest BCUT2D eigenvalue weighted by Crippen LogP contribution is 2.16. The number of nitro groups is 1. The van der Waals surface area contributed by atoms with Crippen molar-refractivity contribution in [2.75, 3.05) is 5.32 Å². The number of carbonyl (C=O) groups excluding carboxylic acids is 2. The summed E-state index contributed by atoms with van der Waals surface area (Å²) in [6.45, 7) is 3.44. The molecule has 7 nitrogen and oxygen atoms in total. The van der Waals surface area contributed by atoms with E-state index in [4.69, 9.17) is 0 Å². The molecule has 0 fully saturated rings. The van der Waals surface area contributed by atoms with E-state index in [-0.39, 0.29) is 17.4 Å². The lowest BCUT2D eigenvalue weighted by Gasteiger charge is -2.08. The minimum Gasteiger partial charge on any atom is -0.346 e. The molecule has 0 spiro atoms. The lowest BCUT2D eigenvalue weighted by molar-refractivity contribution is -0.384. The van der Waals surface area contributed by atoms with Gasteiger partial charge in [-0.1, -0.05) is 6.07 Å². The lowest BCUT2D eigenvalue weighted by atomic mass is 10.3. The van der Waals surface area contributed by atoms with E-state index in [2.05, 4.69) is 10.6 Å². The fraction of sp³-hybridized carbons (Fsp3) is 0.273. The van der Waals surface area contributed by atoms with E-state index < -0.39 is 16.7 Å². The van der Waals surface area contributed by atoms with Gasteiger partial charge >= 0.3 is 11.8 Å². The molecule has 18 heavy (non-hydrogen) atoms. The molecule has 96 valence electrons. The number of amides is 2. The topological polar surface area (TPSA) is 101 Å². The van der Waals surface area contributed by atoms with Crippen molar-refractivity contribution < 1.29 is 14.5 Å². The molecule has 0 aliphatic heterocycles. The number of hydrogen-bond acceptors (Lipinski definition) is 4. The standard InChI is InChI=1S/C11H13N3O4/c1-7(2)12-10(15)11(16)13-8-4-3-5-9(6-8)14(17)18/h3-7H,1-2H3,(H,12,15)(H,13,16). The van der Waals surface area contributed by atoms with E-state index in [9.17, 15) is 19.7 Å². The van der Waals surface area contributed by atoms with Crippen molar-refractivity contribution in [2.24, 2.45) is 0 Å². The first-order valence-corrected chi connectivity index (χ1v) is 5.26. The van der Waals surface area contributed by atoms with Crippen LogP contribution in [0.15, 0.2) is 24.3 Å². The second kappa shape index (κ2) is 5.76. The van der Waals surface area contributed by atoms with Crippen LogP contribution in [0.5, 0.6) is 0 Å². The van der Waals surface area contributed by atoms with E-state index in [0.717, 1.165) is 0 Å². The summed E-state index contributed by atoms with van der Waals surface area (Å²) < 4.78 is 0. The maximum Gasteiger partial charge on any atom is 0.313 e. The van der Waals surface area contributed by atoms with Gasteiger partial charge in [0.25, 0.3) is 5.69 Å². The summed E-state index contributed by atoms with van der Waals surface area (Å²) in [6, 6.07) is 5.21. The van der Waals surface area contributed by atoms with Gasteiger partial charge in [-0.15, -0.1) is 0 Å². The number of anilines is 1. The van der Waals surface area contributed by atoms with Crippen LogP contribution in [0.3, 0.4) is 0 Å². The van der Waals surface area contributed by atoms with Crippen molar-refractivity contribution >= 4 is 23.2 Å². The number of nitrogens with one attached hydrogen (secondary N) is 2. The van der Waals surface area contributed by atoms with Gasteiger partial charge in [-0.3, -0.25) is 19.7 Å². The van der Waals surface area contributed by atoms with E-state index in [1.807, 2.05) is 0 Å². The molecule has 1 rings (SSSR count). The summed E-state index contributed by atoms with van der Waals surface area (Å²) >= 11 is 0. The number of rotatable bonds is 3. The van der Waals surface area contributed by atoms with E-state index in [0.29, 0.717) is 0 Å². The first kappa shape index (κ1) is 13.6. The van der Waals surface area contributed by atoms with Gasteiger partial charge in [0.05, 0.1) is 4.92 Å². The molecule has 0 aliphatic carbocycles. The van der Waals surface area contributed by atoms with E-state index in [1.165, 1.54) is 24.3 Å². The largest absolute Gasteiger partial charge is 0.346 e. The van der Waals surface area contributed by atoms with Crippen molar-refractivity contribution in [3.05, 3.63) is 34.4 Å². The van der Waals surface area contributed by atoms with Crippen molar-refractivity contribution in [2.45, 2.75) is 19.9 Å². The summed E-state index contributed by atoms with van der Waals surface area (Å²) in [5.74, 6) is -1.64. The monoisotopic (exact) mass is 251 g/mol. The second-order valence-electron chi connectivity index (χ2n) is 3.89. The van der Waals surface area contributed by atoms with Crippen LogP contribution >= 0.6 is 0 Å². The molecule has 0 saturated heterocycles. The minimum absolute atomic E-state index is 0.155. The predicted molar refractivity (Wildman–Crippen MR) is 65.0 cm³/mol.